The van der Waals surface area contributed by atoms with Crippen LogP contribution < -0.4 is 5.43 Å². The van der Waals surface area contributed by atoms with Crippen LogP contribution in [0.5, 0.6) is 0 Å². The molecular weight excluding hydrogens is 202 g/mol. The van der Waals surface area contributed by atoms with Crippen molar-refractivity contribution in [2.24, 2.45) is 0 Å². The van der Waals surface area contributed by atoms with Crippen LogP contribution in [-0.2, 0) is 0 Å². The Hall–Kier alpha value is -1.30. The summed E-state index contributed by atoms with van der Waals surface area (Å²) in [5.74, 6) is -2.03. The number of nitrogens with one attached hydrogen (secondary N) is 1. The zero-order valence-electron chi connectivity index (χ0n) is 8.37. The zero-order valence-corrected chi connectivity index (χ0v) is 8.37. The van der Waals surface area contributed by atoms with Crippen molar-refractivity contribution in [3.63, 3.8) is 0 Å². The second-order valence-electron chi connectivity index (χ2n) is 3.68. The number of aryl methyl sites for hydroxylation is 1. The lowest BCUT2D eigenvalue weighted by Gasteiger charge is -2.17. The third kappa shape index (κ3) is 2.59. The second-order valence-corrected chi connectivity index (χ2v) is 3.68. The summed E-state index contributed by atoms with van der Waals surface area (Å²) in [5, 5.41) is 1.47. The molecule has 1 fully saturated rings. The van der Waals surface area contributed by atoms with Gasteiger partial charge < -0.3 is 5.43 Å². The fourth-order valence-corrected chi connectivity index (χ4v) is 1.51. The number of nitrogens with zero attached hydrogens (tertiary/aromatic N) is 3. The summed E-state index contributed by atoms with van der Waals surface area (Å²) in [6, 6.07) is 1.72. The van der Waals surface area contributed by atoms with E-state index in [0.29, 0.717) is 12.4 Å². The van der Waals surface area contributed by atoms with Gasteiger partial charge in [-0.05, 0) is 6.92 Å². The Morgan fingerprint density at radius 2 is 2.27 bits per heavy atom. The Balaban J connectivity index is 1.99. The monoisotopic (exact) mass is 214 g/mol. The first-order valence-electron chi connectivity index (χ1n) is 4.73. The van der Waals surface area contributed by atoms with Crippen LogP contribution in [0.3, 0.4) is 0 Å². The van der Waals surface area contributed by atoms with Crippen LogP contribution in [0, 0.1) is 6.92 Å². The Morgan fingerprint density at radius 3 is 2.87 bits per heavy atom. The van der Waals surface area contributed by atoms with Crippen molar-refractivity contribution in [1.29, 1.82) is 0 Å². The first-order chi connectivity index (χ1) is 7.05. The van der Waals surface area contributed by atoms with Crippen LogP contribution >= 0.6 is 0 Å². The highest BCUT2D eigenvalue weighted by molar-refractivity contribution is 5.33. The first-order valence-corrected chi connectivity index (χ1v) is 4.73. The third-order valence-electron chi connectivity index (χ3n) is 2.25. The first kappa shape index (κ1) is 10.2. The van der Waals surface area contributed by atoms with E-state index in [-0.39, 0.29) is 13.0 Å². The van der Waals surface area contributed by atoms with Gasteiger partial charge in [-0.25, -0.2) is 23.8 Å². The van der Waals surface area contributed by atoms with E-state index in [1.54, 1.807) is 6.07 Å². The van der Waals surface area contributed by atoms with Gasteiger partial charge in [0.05, 0.1) is 6.54 Å². The Labute approximate surface area is 86.3 Å². The fraction of sp³-hybridized carbons (Fsp3) is 0.556. The van der Waals surface area contributed by atoms with Crippen molar-refractivity contribution in [3.8, 4) is 0 Å². The van der Waals surface area contributed by atoms with Gasteiger partial charge in [-0.2, -0.15) is 0 Å². The molecule has 1 aromatic rings. The summed E-state index contributed by atoms with van der Waals surface area (Å²) in [6.45, 7) is 1.89. The van der Waals surface area contributed by atoms with Crippen LogP contribution in [0.2, 0.25) is 0 Å². The molecule has 2 heterocycles. The third-order valence-corrected chi connectivity index (χ3v) is 2.25. The van der Waals surface area contributed by atoms with Gasteiger partial charge in [-0.15, -0.1) is 0 Å². The van der Waals surface area contributed by atoms with E-state index in [1.807, 2.05) is 6.92 Å². The number of hydrazine groups is 1. The van der Waals surface area contributed by atoms with Crippen molar-refractivity contribution in [2.75, 3.05) is 18.5 Å². The van der Waals surface area contributed by atoms with Crippen LogP contribution in [0.1, 0.15) is 12.1 Å². The molecule has 0 saturated carbocycles. The Morgan fingerprint density at radius 1 is 1.47 bits per heavy atom. The summed E-state index contributed by atoms with van der Waals surface area (Å²) in [7, 11) is 0. The molecule has 1 aromatic heterocycles. The number of anilines is 1. The number of aromatic nitrogens is 2. The molecule has 82 valence electrons. The van der Waals surface area contributed by atoms with E-state index in [2.05, 4.69) is 15.4 Å². The molecule has 1 aliphatic rings. The molecule has 6 heteroatoms. The highest BCUT2D eigenvalue weighted by Crippen LogP contribution is 2.26. The fourth-order valence-electron chi connectivity index (χ4n) is 1.51. The lowest BCUT2D eigenvalue weighted by atomic mass is 10.3. The average molecular weight is 214 g/mol. The van der Waals surface area contributed by atoms with Gasteiger partial charge in [0.25, 0.3) is 5.92 Å². The quantitative estimate of drug-likeness (QED) is 0.809. The molecule has 0 radical (unpaired) electrons. The van der Waals surface area contributed by atoms with Crippen LogP contribution in [0.15, 0.2) is 12.4 Å². The van der Waals surface area contributed by atoms with Gasteiger partial charge in [0.2, 0.25) is 0 Å². The summed E-state index contributed by atoms with van der Waals surface area (Å²) < 4.78 is 25.7. The van der Waals surface area contributed by atoms with Crippen LogP contribution in [-0.4, -0.2) is 34.0 Å². The molecular formula is C9H12F2N4. The number of hydrogen-bond donors (Lipinski definition) is 1. The molecule has 4 nitrogen and oxygen atoms in total. The smallest absolute Gasteiger partial charge is 0.263 e. The van der Waals surface area contributed by atoms with E-state index in [0.717, 1.165) is 5.69 Å². The van der Waals surface area contributed by atoms with Gasteiger partial charge in [0.1, 0.15) is 12.1 Å². The maximum absolute atomic E-state index is 12.9. The van der Waals surface area contributed by atoms with Gasteiger partial charge >= 0.3 is 0 Å². The number of hydrogen-bond acceptors (Lipinski definition) is 4. The largest absolute Gasteiger partial charge is 0.303 e. The van der Waals surface area contributed by atoms with Gasteiger partial charge in [0, 0.05) is 24.7 Å². The predicted octanol–water partition coefficient (Wildman–Crippen LogP) is 1.45. The number of halogens is 2. The predicted molar refractivity (Wildman–Crippen MR) is 51.5 cm³/mol. The molecule has 0 spiro atoms. The molecule has 0 unspecified atom stereocenters. The lowest BCUT2D eigenvalue weighted by molar-refractivity contribution is 0.0144. The molecule has 2 rings (SSSR count). The van der Waals surface area contributed by atoms with Crippen molar-refractivity contribution in [1.82, 2.24) is 15.0 Å². The maximum Gasteiger partial charge on any atom is 0.263 e. The summed E-state index contributed by atoms with van der Waals surface area (Å²) in [4.78, 5) is 7.87. The molecule has 15 heavy (non-hydrogen) atoms. The molecule has 0 atom stereocenters. The summed E-state index contributed by atoms with van der Waals surface area (Å²) >= 11 is 0. The Bertz CT molecular complexity index is 356. The highest BCUT2D eigenvalue weighted by atomic mass is 19.3. The highest BCUT2D eigenvalue weighted by Gasteiger charge is 2.38. The van der Waals surface area contributed by atoms with Crippen LogP contribution in [0.4, 0.5) is 14.6 Å². The zero-order chi connectivity index (χ0) is 10.9. The SMILES string of the molecule is Cc1cc(NN2CCC(F)(F)C2)ncn1. The van der Waals surface area contributed by atoms with E-state index < -0.39 is 5.92 Å². The van der Waals surface area contributed by atoms with E-state index in [9.17, 15) is 8.78 Å². The molecule has 0 bridgehead atoms. The standard InChI is InChI=1S/C9H12F2N4/c1-7-4-8(13-6-12-7)14-15-3-2-9(10,11)5-15/h4,6H,2-3,5H2,1H3,(H,12,13,14). The summed E-state index contributed by atoms with van der Waals surface area (Å²) in [6.07, 6.45) is 1.30. The minimum atomic E-state index is -2.59. The number of rotatable bonds is 2. The topological polar surface area (TPSA) is 41.0 Å². The van der Waals surface area contributed by atoms with E-state index >= 15 is 0 Å². The van der Waals surface area contributed by atoms with Crippen molar-refractivity contribution < 1.29 is 8.78 Å². The van der Waals surface area contributed by atoms with Crippen molar-refractivity contribution in [2.45, 2.75) is 19.3 Å². The van der Waals surface area contributed by atoms with Gasteiger partial charge in [0.15, 0.2) is 0 Å². The minimum Gasteiger partial charge on any atom is -0.303 e. The van der Waals surface area contributed by atoms with E-state index in [4.69, 9.17) is 0 Å². The summed E-state index contributed by atoms with van der Waals surface area (Å²) in [5.41, 5.74) is 3.64. The normalized spacial score (nSPS) is 20.5. The molecule has 0 aromatic carbocycles. The van der Waals surface area contributed by atoms with Gasteiger partial charge in [-0.1, -0.05) is 0 Å². The van der Waals surface area contributed by atoms with Gasteiger partial charge in [-0.3, -0.25) is 0 Å². The molecule has 1 saturated heterocycles. The van der Waals surface area contributed by atoms with Crippen LogP contribution in [0.25, 0.3) is 0 Å². The molecule has 1 aliphatic heterocycles. The minimum absolute atomic E-state index is 0.107. The average Bonchev–Trinajstić information content (AvgIpc) is 2.45. The molecule has 1 N–H and O–H groups in total. The lowest BCUT2D eigenvalue weighted by Crippen LogP contribution is -2.30. The maximum atomic E-state index is 12.9. The second kappa shape index (κ2) is 3.69. The molecule has 0 aliphatic carbocycles. The Kier molecular flexibility index (Phi) is 2.52. The number of alkyl halides is 2. The van der Waals surface area contributed by atoms with E-state index in [1.165, 1.54) is 11.3 Å². The van der Waals surface area contributed by atoms with Crippen molar-refractivity contribution in [3.05, 3.63) is 18.1 Å². The van der Waals surface area contributed by atoms with Crippen molar-refractivity contribution >= 4 is 5.82 Å². The molecule has 0 amide bonds.